The first-order valence-electron chi connectivity index (χ1n) is 16.2. The third-order valence-electron chi connectivity index (χ3n) is 10.3. The van der Waals surface area contributed by atoms with Crippen molar-refractivity contribution in [2.24, 2.45) is 17.0 Å². The van der Waals surface area contributed by atoms with Gasteiger partial charge in [-0.3, -0.25) is 14.5 Å². The number of methoxy groups -OCH3 is 1. The number of rotatable bonds is 10. The molecule has 42 heavy (non-hydrogen) atoms. The highest BCUT2D eigenvalue weighted by Gasteiger charge is 2.45. The molecule has 9 heteroatoms. The van der Waals surface area contributed by atoms with Crippen molar-refractivity contribution in [3.63, 3.8) is 0 Å². The molecule has 3 heterocycles. The quantitative estimate of drug-likeness (QED) is 0.224. The van der Waals surface area contributed by atoms with E-state index in [0.717, 1.165) is 35.7 Å². The van der Waals surface area contributed by atoms with Gasteiger partial charge in [0.15, 0.2) is 5.69 Å². The summed E-state index contributed by atoms with van der Waals surface area (Å²) in [4.78, 5) is 38.8. The second-order valence-electron chi connectivity index (χ2n) is 13.1. The summed E-state index contributed by atoms with van der Waals surface area (Å²) in [5, 5.41) is 13.6. The highest BCUT2D eigenvalue weighted by molar-refractivity contribution is 6.00. The lowest BCUT2D eigenvalue weighted by atomic mass is 9.73. The van der Waals surface area contributed by atoms with E-state index in [1.807, 2.05) is 28.8 Å². The molecule has 1 aromatic heterocycles. The lowest BCUT2D eigenvalue weighted by molar-refractivity contribution is -0.136. The van der Waals surface area contributed by atoms with E-state index < -0.39 is 5.97 Å². The number of piperidine rings is 2. The Kier molecular flexibility index (Phi) is 9.24. The lowest BCUT2D eigenvalue weighted by Crippen LogP contribution is -2.58. The smallest absolute Gasteiger partial charge is 0.303 e. The van der Waals surface area contributed by atoms with Gasteiger partial charge in [0.1, 0.15) is 12.3 Å². The molecule has 4 fully saturated rings. The second kappa shape index (κ2) is 13.2. The van der Waals surface area contributed by atoms with E-state index in [-0.39, 0.29) is 42.5 Å². The minimum atomic E-state index is -0.955. The first-order chi connectivity index (χ1) is 20.5. The largest absolute Gasteiger partial charge is 0.481 e. The van der Waals surface area contributed by atoms with Gasteiger partial charge in [0.05, 0.1) is 24.1 Å². The Balaban J connectivity index is 1.33. The summed E-state index contributed by atoms with van der Waals surface area (Å²) in [6.07, 6.45) is 15.2. The zero-order valence-corrected chi connectivity index (χ0v) is 25.0. The van der Waals surface area contributed by atoms with Gasteiger partial charge in [-0.1, -0.05) is 49.4 Å². The molecule has 4 bridgehead atoms. The van der Waals surface area contributed by atoms with Gasteiger partial charge < -0.3 is 19.2 Å². The molecule has 2 saturated heterocycles. The number of aliphatic carboxylic acids is 1. The number of carboxylic acid groups (broad SMARTS) is 1. The zero-order valence-electron chi connectivity index (χ0n) is 25.0. The number of nitrogens with zero attached hydrogens (tertiary/aromatic N) is 4. The Bertz CT molecular complexity index is 1310. The van der Waals surface area contributed by atoms with Crippen molar-refractivity contribution < 1.29 is 19.5 Å². The molecule has 2 aliphatic carbocycles. The van der Waals surface area contributed by atoms with Crippen molar-refractivity contribution in [3.8, 4) is 0 Å². The number of ether oxygens (including phenoxy) is 1. The summed E-state index contributed by atoms with van der Waals surface area (Å²) in [7, 11) is 1.57. The molecule has 1 N–H and O–H groups in total. The predicted octanol–water partition coefficient (Wildman–Crippen LogP) is 5.55. The molecule has 0 spiro atoms. The predicted molar refractivity (Wildman–Crippen MR) is 162 cm³/mol. The van der Waals surface area contributed by atoms with Crippen LogP contribution in [0.4, 0.5) is 0 Å². The summed E-state index contributed by atoms with van der Waals surface area (Å²) >= 11 is 0. The molecule has 2 aromatic rings. The number of carbonyl (C=O) groups is 1. The average Bonchev–Trinajstić information content (AvgIpc) is 3.15. The van der Waals surface area contributed by atoms with E-state index in [1.165, 1.54) is 64.2 Å². The first-order valence-corrected chi connectivity index (χ1v) is 16.2. The number of fused-ring (bicyclic) bond motifs is 5. The van der Waals surface area contributed by atoms with Crippen LogP contribution in [0, 0.1) is 11.8 Å². The van der Waals surface area contributed by atoms with Gasteiger partial charge in [0.2, 0.25) is 0 Å². The molecule has 9 nitrogen and oxygen atoms in total. The summed E-state index contributed by atoms with van der Waals surface area (Å²) in [6.45, 7) is 0.550. The van der Waals surface area contributed by atoms with Crippen LogP contribution in [0.1, 0.15) is 102 Å². The van der Waals surface area contributed by atoms with Gasteiger partial charge in [-0.2, -0.15) is 0 Å². The van der Waals surface area contributed by atoms with Crippen molar-refractivity contribution in [2.75, 3.05) is 20.3 Å². The number of hydrogen-bond acceptors (Lipinski definition) is 7. The Morgan fingerprint density at radius 1 is 0.905 bits per heavy atom. The Labute approximate surface area is 248 Å². The molecule has 6 rings (SSSR count). The van der Waals surface area contributed by atoms with E-state index in [0.29, 0.717) is 24.7 Å². The van der Waals surface area contributed by atoms with Gasteiger partial charge in [0, 0.05) is 37.7 Å². The molecule has 0 radical (unpaired) electrons. The minimum absolute atomic E-state index is 0.0661. The normalized spacial score (nSPS) is 30.2. The van der Waals surface area contributed by atoms with Gasteiger partial charge >= 0.3 is 5.97 Å². The Morgan fingerprint density at radius 3 is 2.31 bits per heavy atom. The molecule has 228 valence electrons. The molecule has 3 unspecified atom stereocenters. The zero-order chi connectivity index (χ0) is 29.1. The molecule has 5 atom stereocenters. The van der Waals surface area contributed by atoms with Crippen LogP contribution in [0.15, 0.2) is 34.2 Å². The van der Waals surface area contributed by atoms with Crippen LogP contribution in [-0.4, -0.2) is 69.7 Å². The van der Waals surface area contributed by atoms with Crippen molar-refractivity contribution >= 4 is 22.7 Å². The number of oxime groups is 1. The SMILES string of the molecule is COCCO/N=C(\CCC(=O)O)c1nc2ccccc2n(C2C[C@H]3CCC[C@@H](C2)N3C2CC3CCCCC(C3)C2)c1=O. The maximum absolute atomic E-state index is 14.3. The molecule has 0 amide bonds. The van der Waals surface area contributed by atoms with Gasteiger partial charge in [-0.05, 0) is 68.9 Å². The topological polar surface area (TPSA) is 106 Å². The minimum Gasteiger partial charge on any atom is -0.481 e. The summed E-state index contributed by atoms with van der Waals surface area (Å²) in [5.74, 6) is 0.820. The summed E-state index contributed by atoms with van der Waals surface area (Å²) < 4.78 is 7.01. The number of hydrogen-bond donors (Lipinski definition) is 1. The van der Waals surface area contributed by atoms with Crippen LogP contribution in [0.5, 0.6) is 0 Å². The van der Waals surface area contributed by atoms with Gasteiger partial charge in [-0.25, -0.2) is 4.98 Å². The first kappa shape index (κ1) is 29.3. The monoisotopic (exact) mass is 578 g/mol. The van der Waals surface area contributed by atoms with E-state index >= 15 is 0 Å². The van der Waals surface area contributed by atoms with E-state index in [4.69, 9.17) is 14.6 Å². The number of benzene rings is 1. The van der Waals surface area contributed by atoms with Crippen molar-refractivity contribution in [1.82, 2.24) is 14.5 Å². The maximum Gasteiger partial charge on any atom is 0.303 e. The molecule has 2 saturated carbocycles. The number of carboxylic acids is 1. The van der Waals surface area contributed by atoms with E-state index in [2.05, 4.69) is 10.1 Å². The number of para-hydroxylation sites is 2. The highest BCUT2D eigenvalue weighted by atomic mass is 16.6. The standard InChI is InChI=1S/C33H46N4O5/c1-41-15-16-42-35-29(13-14-31(38)39)32-33(40)37(30-12-5-4-11-28(30)34-32)27-20-24-9-6-10-25(21-27)36(24)26-18-22-7-2-3-8-23(17-22)19-26/h4-5,11-12,22-27H,2-3,6-10,13-21H2,1H3,(H,38,39)/b35-29+/t22?,23?,24-,25+,26?,27?. The van der Waals surface area contributed by atoms with Gasteiger partial charge in [-0.15, -0.1) is 0 Å². The van der Waals surface area contributed by atoms with E-state index in [9.17, 15) is 14.7 Å². The van der Waals surface area contributed by atoms with Crippen molar-refractivity contribution in [1.29, 1.82) is 0 Å². The van der Waals surface area contributed by atoms with Crippen LogP contribution in [-0.2, 0) is 14.4 Å². The Morgan fingerprint density at radius 2 is 1.62 bits per heavy atom. The fourth-order valence-corrected chi connectivity index (χ4v) is 8.69. The highest BCUT2D eigenvalue weighted by Crippen LogP contribution is 2.47. The summed E-state index contributed by atoms with van der Waals surface area (Å²) in [6, 6.07) is 9.55. The fraction of sp³-hybridized carbons (Fsp3) is 0.697. The van der Waals surface area contributed by atoms with Crippen LogP contribution in [0.2, 0.25) is 0 Å². The number of aromatic nitrogens is 2. The lowest BCUT2D eigenvalue weighted by Gasteiger charge is -2.54. The van der Waals surface area contributed by atoms with Crippen LogP contribution in [0.3, 0.4) is 0 Å². The third kappa shape index (κ3) is 6.27. The Hall–Kier alpha value is -2.78. The molecule has 1 aromatic carbocycles. The fourth-order valence-electron chi connectivity index (χ4n) is 8.69. The second-order valence-corrected chi connectivity index (χ2v) is 13.1. The molecular weight excluding hydrogens is 532 g/mol. The van der Waals surface area contributed by atoms with Crippen LogP contribution in [0.25, 0.3) is 11.0 Å². The average molecular weight is 579 g/mol. The van der Waals surface area contributed by atoms with Crippen molar-refractivity contribution in [2.45, 2.75) is 114 Å². The van der Waals surface area contributed by atoms with Gasteiger partial charge in [0.25, 0.3) is 5.56 Å². The van der Waals surface area contributed by atoms with Crippen LogP contribution >= 0.6 is 0 Å². The third-order valence-corrected chi connectivity index (χ3v) is 10.3. The molecule has 2 aliphatic heterocycles. The van der Waals surface area contributed by atoms with Crippen molar-refractivity contribution in [3.05, 3.63) is 40.3 Å². The maximum atomic E-state index is 14.3. The van der Waals surface area contributed by atoms with Crippen LogP contribution < -0.4 is 5.56 Å². The molecular formula is C33H46N4O5. The summed E-state index contributed by atoms with van der Waals surface area (Å²) in [5.41, 5.74) is 1.82. The molecule has 4 aliphatic rings. The van der Waals surface area contributed by atoms with E-state index in [1.54, 1.807) is 7.11 Å².